The molecule has 0 N–H and O–H groups in total. The van der Waals surface area contributed by atoms with Crippen LogP contribution in [0.5, 0.6) is 0 Å². The van der Waals surface area contributed by atoms with Crippen molar-refractivity contribution >= 4 is 37.7 Å². The maximum absolute atomic E-state index is 12.5. The first-order valence-electron chi connectivity index (χ1n) is 7.27. The number of anilines is 1. The summed E-state index contributed by atoms with van der Waals surface area (Å²) in [5.41, 5.74) is -1.88. The number of hydrogen-bond donors (Lipinski definition) is 0. The second kappa shape index (κ2) is 7.17. The predicted octanol–water partition coefficient (Wildman–Crippen LogP) is 3.69. The summed E-state index contributed by atoms with van der Waals surface area (Å²) >= 11 is 0. The molecule has 8 nitrogen and oxygen atoms in total. The van der Waals surface area contributed by atoms with Crippen molar-refractivity contribution < 1.29 is 27.5 Å². The molecule has 1 aromatic rings. The van der Waals surface area contributed by atoms with E-state index in [1.165, 1.54) is 12.3 Å². The van der Waals surface area contributed by atoms with Crippen LogP contribution in [-0.2, 0) is 18.5 Å². The molecular formula is C15H21ClN2O6S. The Kier molecular flexibility index (Phi) is 6.07. The lowest BCUT2D eigenvalue weighted by atomic mass is 10.2. The van der Waals surface area contributed by atoms with Crippen LogP contribution in [0.15, 0.2) is 23.2 Å². The Morgan fingerprint density at radius 3 is 1.84 bits per heavy atom. The molecule has 1 rings (SSSR count). The van der Waals surface area contributed by atoms with Crippen LogP contribution >= 0.6 is 10.7 Å². The highest BCUT2D eigenvalue weighted by Gasteiger charge is 2.36. The fourth-order valence-corrected chi connectivity index (χ4v) is 2.57. The van der Waals surface area contributed by atoms with Crippen molar-refractivity contribution in [3.8, 4) is 0 Å². The minimum atomic E-state index is -4.28. The third-order valence-corrected chi connectivity index (χ3v) is 3.72. The maximum atomic E-state index is 12.5. The van der Waals surface area contributed by atoms with Gasteiger partial charge in [0.2, 0.25) is 0 Å². The molecule has 0 aliphatic heterocycles. The van der Waals surface area contributed by atoms with E-state index in [0.29, 0.717) is 4.90 Å². The van der Waals surface area contributed by atoms with Gasteiger partial charge in [-0.3, -0.25) is 0 Å². The molecule has 0 fully saturated rings. The third-order valence-electron chi connectivity index (χ3n) is 2.38. The first-order chi connectivity index (χ1) is 11.1. The van der Waals surface area contributed by atoms with Gasteiger partial charge in [-0.1, -0.05) is 0 Å². The predicted molar refractivity (Wildman–Crippen MR) is 92.2 cm³/mol. The summed E-state index contributed by atoms with van der Waals surface area (Å²) in [5, 5.41) is 0. The van der Waals surface area contributed by atoms with E-state index in [2.05, 4.69) is 4.98 Å². The first-order valence-corrected chi connectivity index (χ1v) is 9.58. The van der Waals surface area contributed by atoms with Gasteiger partial charge in [0.05, 0.1) is 0 Å². The van der Waals surface area contributed by atoms with Crippen molar-refractivity contribution in [1.29, 1.82) is 0 Å². The summed E-state index contributed by atoms with van der Waals surface area (Å²) in [5.74, 6) is -0.499. The second-order valence-corrected chi connectivity index (χ2v) is 9.59. The number of ether oxygens (including phenoxy) is 2. The number of carbonyl (C=O) groups is 2. The van der Waals surface area contributed by atoms with Gasteiger partial charge < -0.3 is 9.47 Å². The van der Waals surface area contributed by atoms with E-state index in [0.717, 1.165) is 6.07 Å². The van der Waals surface area contributed by atoms with Crippen molar-refractivity contribution in [1.82, 2.24) is 4.98 Å². The van der Waals surface area contributed by atoms with Crippen LogP contribution in [0.3, 0.4) is 0 Å². The summed E-state index contributed by atoms with van der Waals surface area (Å²) in [7, 11) is 1.10. The standard InChI is InChI=1S/C15H21ClN2O6S/c1-14(2,3)23-12(19)18(13(20)24-15(4,5)6)11-10(25(16,21)22)8-7-9-17-11/h7-9H,1-6H3. The lowest BCUT2D eigenvalue weighted by molar-refractivity contribution is 0.0428. The molecule has 1 heterocycles. The highest BCUT2D eigenvalue weighted by atomic mass is 35.7. The molecule has 0 aromatic carbocycles. The quantitative estimate of drug-likeness (QED) is 0.707. The molecule has 25 heavy (non-hydrogen) atoms. The van der Waals surface area contributed by atoms with Crippen molar-refractivity contribution in [2.24, 2.45) is 0 Å². The van der Waals surface area contributed by atoms with Gasteiger partial charge in [0.15, 0.2) is 5.82 Å². The van der Waals surface area contributed by atoms with E-state index in [-0.39, 0.29) is 0 Å². The number of halogens is 1. The van der Waals surface area contributed by atoms with Gasteiger partial charge in [-0.25, -0.2) is 23.0 Å². The van der Waals surface area contributed by atoms with Gasteiger partial charge in [-0.2, -0.15) is 4.90 Å². The van der Waals surface area contributed by atoms with Gasteiger partial charge in [0.25, 0.3) is 9.05 Å². The molecule has 0 saturated heterocycles. The Labute approximate surface area is 151 Å². The van der Waals surface area contributed by atoms with E-state index in [9.17, 15) is 18.0 Å². The van der Waals surface area contributed by atoms with Gasteiger partial charge in [-0.15, -0.1) is 0 Å². The van der Waals surface area contributed by atoms with Crippen molar-refractivity contribution in [3.05, 3.63) is 18.3 Å². The fourth-order valence-electron chi connectivity index (χ4n) is 1.60. The van der Waals surface area contributed by atoms with Crippen molar-refractivity contribution in [2.45, 2.75) is 57.6 Å². The second-order valence-electron chi connectivity index (χ2n) is 7.06. The van der Waals surface area contributed by atoms with Crippen molar-refractivity contribution in [2.75, 3.05) is 4.90 Å². The number of rotatable bonds is 2. The molecular weight excluding hydrogens is 372 g/mol. The van der Waals surface area contributed by atoms with E-state index < -0.39 is 43.2 Å². The zero-order chi connectivity index (χ0) is 19.6. The number of aromatic nitrogens is 1. The highest BCUT2D eigenvalue weighted by molar-refractivity contribution is 8.13. The van der Waals surface area contributed by atoms with Crippen LogP contribution in [0.4, 0.5) is 15.4 Å². The van der Waals surface area contributed by atoms with E-state index in [1.54, 1.807) is 41.5 Å². The fraction of sp³-hybridized carbons (Fsp3) is 0.533. The molecule has 0 aliphatic rings. The van der Waals surface area contributed by atoms with Crippen LogP contribution in [0.1, 0.15) is 41.5 Å². The molecule has 0 atom stereocenters. The molecule has 140 valence electrons. The normalized spacial score (nSPS) is 12.4. The molecule has 2 amide bonds. The molecule has 0 radical (unpaired) electrons. The Morgan fingerprint density at radius 2 is 1.48 bits per heavy atom. The Morgan fingerprint density at radius 1 is 1.04 bits per heavy atom. The minimum Gasteiger partial charge on any atom is -0.443 e. The molecule has 0 bridgehead atoms. The molecule has 0 spiro atoms. The van der Waals surface area contributed by atoms with Gasteiger partial charge >= 0.3 is 12.2 Å². The van der Waals surface area contributed by atoms with Gasteiger partial charge in [-0.05, 0) is 53.7 Å². The monoisotopic (exact) mass is 392 g/mol. The summed E-state index contributed by atoms with van der Waals surface area (Å²) < 4.78 is 33.9. The van der Waals surface area contributed by atoms with Crippen LogP contribution in [-0.4, -0.2) is 36.8 Å². The molecule has 0 aliphatic carbocycles. The molecule has 10 heteroatoms. The Balaban J connectivity index is 3.48. The Bertz CT molecular complexity index is 737. The Hall–Kier alpha value is -1.87. The summed E-state index contributed by atoms with van der Waals surface area (Å²) in [4.78, 5) is 28.7. The van der Waals surface area contributed by atoms with Crippen LogP contribution in [0, 0.1) is 0 Å². The first kappa shape index (κ1) is 21.2. The highest BCUT2D eigenvalue weighted by Crippen LogP contribution is 2.28. The van der Waals surface area contributed by atoms with Gasteiger partial charge in [0.1, 0.15) is 16.1 Å². The third kappa shape index (κ3) is 6.50. The number of pyridine rings is 1. The van der Waals surface area contributed by atoms with Crippen molar-refractivity contribution in [3.63, 3.8) is 0 Å². The van der Waals surface area contributed by atoms with Crippen LogP contribution < -0.4 is 4.90 Å². The van der Waals surface area contributed by atoms with E-state index in [1.807, 2.05) is 0 Å². The lowest BCUT2D eigenvalue weighted by Gasteiger charge is -2.28. The van der Waals surface area contributed by atoms with Crippen LogP contribution in [0.2, 0.25) is 0 Å². The lowest BCUT2D eigenvalue weighted by Crippen LogP contribution is -2.44. The number of imide groups is 1. The molecule has 1 aromatic heterocycles. The zero-order valence-electron chi connectivity index (χ0n) is 14.9. The minimum absolute atomic E-state index is 0.408. The van der Waals surface area contributed by atoms with Gasteiger partial charge in [0, 0.05) is 16.9 Å². The number of hydrogen-bond acceptors (Lipinski definition) is 7. The molecule has 0 saturated carbocycles. The van der Waals surface area contributed by atoms with E-state index >= 15 is 0 Å². The molecule has 0 unspecified atom stereocenters. The smallest absolute Gasteiger partial charge is 0.425 e. The average molecular weight is 393 g/mol. The summed E-state index contributed by atoms with van der Waals surface area (Å²) in [6, 6.07) is 2.42. The van der Waals surface area contributed by atoms with Crippen LogP contribution in [0.25, 0.3) is 0 Å². The number of nitrogens with zero attached hydrogens (tertiary/aromatic N) is 2. The number of carbonyl (C=O) groups excluding carboxylic acids is 2. The SMILES string of the molecule is CC(C)(C)OC(=O)N(C(=O)OC(C)(C)C)c1ncccc1S(=O)(=O)Cl. The summed E-state index contributed by atoms with van der Waals surface area (Å²) in [6.07, 6.45) is -1.06. The topological polar surface area (TPSA) is 103 Å². The average Bonchev–Trinajstić information content (AvgIpc) is 2.33. The maximum Gasteiger partial charge on any atom is 0.425 e. The zero-order valence-corrected chi connectivity index (χ0v) is 16.4. The number of amides is 2. The summed E-state index contributed by atoms with van der Waals surface area (Å²) in [6.45, 7) is 9.56. The van der Waals surface area contributed by atoms with E-state index in [4.69, 9.17) is 20.2 Å². The largest absolute Gasteiger partial charge is 0.443 e.